The molecule has 1 aliphatic rings. The first-order valence-corrected chi connectivity index (χ1v) is 7.38. The number of nitrogens with zero attached hydrogens (tertiary/aromatic N) is 2. The van der Waals surface area contributed by atoms with Crippen LogP contribution >= 0.6 is 27.5 Å². The van der Waals surface area contributed by atoms with Gasteiger partial charge in [-0.25, -0.2) is 9.97 Å². The summed E-state index contributed by atoms with van der Waals surface area (Å²) in [6.45, 7) is 0. The van der Waals surface area contributed by atoms with Crippen LogP contribution in [0.1, 0.15) is 17.0 Å². The molecule has 0 amide bonds. The summed E-state index contributed by atoms with van der Waals surface area (Å²) in [6.07, 6.45) is 3.05. The number of hydrogen-bond donors (Lipinski definition) is 1. The van der Waals surface area contributed by atoms with Crippen LogP contribution in [0.5, 0.6) is 0 Å². The van der Waals surface area contributed by atoms with Crippen molar-refractivity contribution < 1.29 is 0 Å². The highest BCUT2D eigenvalue weighted by molar-refractivity contribution is 9.10. The Morgan fingerprint density at radius 3 is 2.95 bits per heavy atom. The van der Waals surface area contributed by atoms with Gasteiger partial charge in [-0.3, -0.25) is 0 Å². The van der Waals surface area contributed by atoms with Gasteiger partial charge in [-0.05, 0) is 47.0 Å². The Morgan fingerprint density at radius 1 is 1.15 bits per heavy atom. The molecule has 5 heteroatoms. The van der Waals surface area contributed by atoms with Crippen LogP contribution in [-0.2, 0) is 6.42 Å². The van der Waals surface area contributed by atoms with E-state index in [9.17, 15) is 0 Å². The molecular formula is C15H9BrClN3. The van der Waals surface area contributed by atoms with Gasteiger partial charge >= 0.3 is 0 Å². The van der Waals surface area contributed by atoms with Crippen LogP contribution in [0.25, 0.3) is 22.8 Å². The molecule has 0 bridgehead atoms. The Bertz CT molecular complexity index is 867. The largest absolute Gasteiger partial charge is 0.337 e. The predicted octanol–water partition coefficient (Wildman–Crippen LogP) is 4.47. The molecule has 0 aliphatic heterocycles. The van der Waals surface area contributed by atoms with E-state index in [1.807, 2.05) is 6.07 Å². The van der Waals surface area contributed by atoms with Crippen molar-refractivity contribution in [2.45, 2.75) is 6.42 Å². The molecule has 3 aromatic rings. The van der Waals surface area contributed by atoms with Crippen molar-refractivity contribution in [1.82, 2.24) is 15.0 Å². The molecule has 1 aromatic carbocycles. The molecule has 0 saturated heterocycles. The van der Waals surface area contributed by atoms with Gasteiger partial charge in [-0.2, -0.15) is 0 Å². The molecular weight excluding hydrogens is 338 g/mol. The van der Waals surface area contributed by atoms with Crippen LogP contribution in [0, 0.1) is 0 Å². The maximum Gasteiger partial charge on any atom is 0.179 e. The zero-order valence-corrected chi connectivity index (χ0v) is 12.7. The van der Waals surface area contributed by atoms with Crippen LogP contribution in [-0.4, -0.2) is 15.0 Å². The van der Waals surface area contributed by atoms with Crippen molar-refractivity contribution >= 4 is 50.3 Å². The number of fused-ring (bicyclic) bond motifs is 2. The number of pyridine rings is 1. The van der Waals surface area contributed by atoms with E-state index in [0.29, 0.717) is 10.8 Å². The van der Waals surface area contributed by atoms with Crippen LogP contribution in [0.15, 0.2) is 34.8 Å². The Morgan fingerprint density at radius 2 is 2.05 bits per heavy atom. The van der Waals surface area contributed by atoms with E-state index in [1.165, 1.54) is 16.7 Å². The number of aromatic amines is 1. The number of allylic oxidation sites excluding steroid dienone is 1. The highest BCUT2D eigenvalue weighted by Crippen LogP contribution is 2.32. The van der Waals surface area contributed by atoms with Gasteiger partial charge in [0.2, 0.25) is 0 Å². The van der Waals surface area contributed by atoms with Gasteiger partial charge < -0.3 is 4.98 Å². The first-order chi connectivity index (χ1) is 9.69. The van der Waals surface area contributed by atoms with Gasteiger partial charge in [-0.1, -0.05) is 33.6 Å². The normalized spacial score (nSPS) is 13.6. The minimum absolute atomic E-state index is 0.461. The number of halogens is 2. The van der Waals surface area contributed by atoms with Crippen molar-refractivity contribution in [3.05, 3.63) is 56.9 Å². The molecule has 0 radical (unpaired) electrons. The van der Waals surface area contributed by atoms with Crippen molar-refractivity contribution in [1.29, 1.82) is 0 Å². The number of imidazole rings is 1. The molecule has 1 N–H and O–H groups in total. The summed E-state index contributed by atoms with van der Waals surface area (Å²) in [5.41, 5.74) is 5.29. The number of aromatic nitrogens is 3. The summed E-state index contributed by atoms with van der Waals surface area (Å²) in [4.78, 5) is 12.1. The third-order valence-electron chi connectivity index (χ3n) is 3.43. The number of rotatable bonds is 1. The topological polar surface area (TPSA) is 41.6 Å². The second-order valence-electron chi connectivity index (χ2n) is 4.78. The maximum atomic E-state index is 5.89. The van der Waals surface area contributed by atoms with Gasteiger partial charge in [0, 0.05) is 10.9 Å². The summed E-state index contributed by atoms with van der Waals surface area (Å²) in [5.74, 6) is 0.863. The Labute approximate surface area is 128 Å². The fourth-order valence-electron chi connectivity index (χ4n) is 2.49. The van der Waals surface area contributed by atoms with Crippen LogP contribution in [0.2, 0.25) is 5.15 Å². The standard InChI is InChI=1S/C15H9BrClN3/c16-11-2-1-8-5-10(6-9(8)7-11)14-18-12-3-4-13(17)19-15(12)20-14/h1-5,7H,6H2,(H,18,19,20). The second-order valence-corrected chi connectivity index (χ2v) is 6.08. The smallest absolute Gasteiger partial charge is 0.179 e. The third kappa shape index (κ3) is 1.96. The Kier molecular flexibility index (Phi) is 2.69. The lowest BCUT2D eigenvalue weighted by molar-refractivity contribution is 1.19. The average Bonchev–Trinajstić information content (AvgIpc) is 3.00. The molecule has 4 rings (SSSR count). The number of nitrogens with one attached hydrogen (secondary N) is 1. The molecule has 0 fully saturated rings. The lowest BCUT2D eigenvalue weighted by atomic mass is 10.1. The number of hydrogen-bond acceptors (Lipinski definition) is 2. The highest BCUT2D eigenvalue weighted by atomic mass is 79.9. The molecule has 2 heterocycles. The average molecular weight is 347 g/mol. The molecule has 3 nitrogen and oxygen atoms in total. The zero-order chi connectivity index (χ0) is 13.7. The molecule has 0 unspecified atom stereocenters. The minimum atomic E-state index is 0.461. The van der Waals surface area contributed by atoms with E-state index >= 15 is 0 Å². The summed E-state index contributed by atoms with van der Waals surface area (Å²) in [5, 5.41) is 0.461. The van der Waals surface area contributed by atoms with Crippen LogP contribution < -0.4 is 0 Å². The molecule has 1 aliphatic carbocycles. The number of benzene rings is 1. The lowest BCUT2D eigenvalue weighted by Crippen LogP contribution is -1.88. The van der Waals surface area contributed by atoms with Gasteiger partial charge in [0.25, 0.3) is 0 Å². The summed E-state index contributed by atoms with van der Waals surface area (Å²) in [7, 11) is 0. The predicted molar refractivity (Wildman–Crippen MR) is 84.6 cm³/mol. The SMILES string of the molecule is Clc1ccc2[nH]c(C3=Cc4ccc(Br)cc4C3)nc2n1. The maximum absolute atomic E-state index is 5.89. The van der Waals surface area contributed by atoms with E-state index in [2.05, 4.69) is 55.2 Å². The van der Waals surface area contributed by atoms with Crippen molar-refractivity contribution in [3.63, 3.8) is 0 Å². The van der Waals surface area contributed by atoms with E-state index in [0.717, 1.165) is 22.2 Å². The minimum Gasteiger partial charge on any atom is -0.337 e. The van der Waals surface area contributed by atoms with Gasteiger partial charge in [0.05, 0.1) is 5.52 Å². The molecule has 0 saturated carbocycles. The first-order valence-electron chi connectivity index (χ1n) is 6.21. The fraction of sp³-hybridized carbons (Fsp3) is 0.0667. The molecule has 0 atom stereocenters. The van der Waals surface area contributed by atoms with Crippen molar-refractivity contribution in [2.24, 2.45) is 0 Å². The lowest BCUT2D eigenvalue weighted by Gasteiger charge is -1.98. The van der Waals surface area contributed by atoms with Crippen LogP contribution in [0.3, 0.4) is 0 Å². The molecule has 2 aromatic heterocycles. The Balaban J connectivity index is 1.78. The molecule has 98 valence electrons. The van der Waals surface area contributed by atoms with Crippen LogP contribution in [0.4, 0.5) is 0 Å². The van der Waals surface area contributed by atoms with Crippen molar-refractivity contribution in [3.8, 4) is 0 Å². The fourth-order valence-corrected chi connectivity index (χ4v) is 3.04. The van der Waals surface area contributed by atoms with E-state index in [4.69, 9.17) is 11.6 Å². The number of H-pyrrole nitrogens is 1. The second kappa shape index (κ2) is 4.43. The Hall–Kier alpha value is -1.65. The van der Waals surface area contributed by atoms with E-state index in [-0.39, 0.29) is 0 Å². The third-order valence-corrected chi connectivity index (χ3v) is 4.14. The van der Waals surface area contributed by atoms with Crippen molar-refractivity contribution in [2.75, 3.05) is 0 Å². The highest BCUT2D eigenvalue weighted by Gasteiger charge is 2.17. The molecule has 0 spiro atoms. The monoisotopic (exact) mass is 345 g/mol. The first kappa shape index (κ1) is 12.1. The van der Waals surface area contributed by atoms with Gasteiger partial charge in [-0.15, -0.1) is 0 Å². The van der Waals surface area contributed by atoms with E-state index < -0.39 is 0 Å². The quantitative estimate of drug-likeness (QED) is 0.660. The summed E-state index contributed by atoms with van der Waals surface area (Å²) < 4.78 is 1.10. The van der Waals surface area contributed by atoms with E-state index in [1.54, 1.807) is 6.07 Å². The van der Waals surface area contributed by atoms with Gasteiger partial charge in [0.1, 0.15) is 11.0 Å². The summed E-state index contributed by atoms with van der Waals surface area (Å²) >= 11 is 9.40. The zero-order valence-electron chi connectivity index (χ0n) is 10.3. The molecule has 20 heavy (non-hydrogen) atoms. The van der Waals surface area contributed by atoms with Gasteiger partial charge in [0.15, 0.2) is 5.65 Å². The summed E-state index contributed by atoms with van der Waals surface area (Å²) in [6, 6.07) is 9.99.